The van der Waals surface area contributed by atoms with Crippen LogP contribution in [0.5, 0.6) is 0 Å². The number of nitrogens with zero attached hydrogens (tertiary/aromatic N) is 1. The van der Waals surface area contributed by atoms with Crippen molar-refractivity contribution >= 4 is 5.97 Å². The molecule has 0 radical (unpaired) electrons. The molecule has 1 fully saturated rings. The minimum atomic E-state index is -1.85. The summed E-state index contributed by atoms with van der Waals surface area (Å²) in [6, 6.07) is 10.0. The second-order valence-electron chi connectivity index (χ2n) is 4.76. The van der Waals surface area contributed by atoms with Gasteiger partial charge < -0.3 is 4.74 Å². The van der Waals surface area contributed by atoms with Gasteiger partial charge in [0.05, 0.1) is 7.11 Å². The molecule has 2 rings (SSSR count). The third-order valence-corrected chi connectivity index (χ3v) is 3.63. The number of carbonyl (C=O) groups is 1. The molecule has 18 heavy (non-hydrogen) atoms. The number of hydrogen-bond donors (Lipinski definition) is 0. The van der Waals surface area contributed by atoms with E-state index in [1.165, 1.54) is 7.11 Å². The lowest BCUT2D eigenvalue weighted by Gasteiger charge is -2.25. The number of alkyl halides is 1. The van der Waals surface area contributed by atoms with E-state index in [1.807, 2.05) is 42.2 Å². The number of carbonyl (C=O) groups excluding carboxylic acids is 1. The van der Waals surface area contributed by atoms with Crippen molar-refractivity contribution in [2.24, 2.45) is 0 Å². The van der Waals surface area contributed by atoms with E-state index in [2.05, 4.69) is 4.74 Å². The molecule has 0 bridgehead atoms. The maximum Gasteiger partial charge on any atom is 0.345 e. The minimum Gasteiger partial charge on any atom is -0.467 e. The zero-order valence-electron chi connectivity index (χ0n) is 10.7. The highest BCUT2D eigenvalue weighted by molar-refractivity contribution is 5.80. The number of benzene rings is 1. The van der Waals surface area contributed by atoms with Crippen molar-refractivity contribution in [2.75, 3.05) is 20.2 Å². The van der Waals surface area contributed by atoms with Crippen molar-refractivity contribution in [3.8, 4) is 0 Å². The molecule has 1 heterocycles. The normalized spacial score (nSPS) is 25.9. The third-order valence-electron chi connectivity index (χ3n) is 3.63. The highest BCUT2D eigenvalue weighted by Gasteiger charge is 2.47. The Morgan fingerprint density at radius 3 is 2.72 bits per heavy atom. The fraction of sp³-hybridized carbons (Fsp3) is 0.500. The molecule has 3 nitrogen and oxygen atoms in total. The van der Waals surface area contributed by atoms with Gasteiger partial charge in [-0.25, -0.2) is 9.18 Å². The molecule has 0 unspecified atom stereocenters. The van der Waals surface area contributed by atoms with E-state index in [0.717, 1.165) is 5.56 Å². The van der Waals surface area contributed by atoms with Gasteiger partial charge in [-0.2, -0.15) is 0 Å². The lowest BCUT2D eigenvalue weighted by atomic mass is 10.1. The summed E-state index contributed by atoms with van der Waals surface area (Å²) in [5.74, 6) is -0.759. The van der Waals surface area contributed by atoms with Gasteiger partial charge in [-0.15, -0.1) is 0 Å². The van der Waals surface area contributed by atoms with Crippen molar-refractivity contribution in [1.82, 2.24) is 4.90 Å². The van der Waals surface area contributed by atoms with E-state index in [-0.39, 0.29) is 19.0 Å². The molecule has 0 spiro atoms. The Labute approximate surface area is 107 Å². The Balaban J connectivity index is 2.07. The standard InChI is InChI=1S/C14H18FNO2/c1-11(12-6-4-3-5-7-12)16-9-8-14(15,10-16)13(17)18-2/h3-7,11H,8-10H2,1-2H3/t11-,14-/m1/s1. The molecule has 1 aliphatic rings. The summed E-state index contributed by atoms with van der Waals surface area (Å²) in [6.07, 6.45) is 0.205. The maximum absolute atomic E-state index is 14.3. The van der Waals surface area contributed by atoms with E-state index in [4.69, 9.17) is 0 Å². The van der Waals surface area contributed by atoms with Crippen LogP contribution in [0.3, 0.4) is 0 Å². The van der Waals surface area contributed by atoms with Crippen LogP contribution in [0.4, 0.5) is 4.39 Å². The Hall–Kier alpha value is -1.42. The quantitative estimate of drug-likeness (QED) is 0.772. The van der Waals surface area contributed by atoms with Crippen LogP contribution >= 0.6 is 0 Å². The molecule has 1 aromatic carbocycles. The first-order valence-corrected chi connectivity index (χ1v) is 6.13. The molecule has 0 amide bonds. The van der Waals surface area contributed by atoms with E-state index in [1.54, 1.807) is 0 Å². The van der Waals surface area contributed by atoms with Gasteiger partial charge in [-0.05, 0) is 12.5 Å². The topological polar surface area (TPSA) is 29.5 Å². The van der Waals surface area contributed by atoms with Crippen LogP contribution in [0.15, 0.2) is 30.3 Å². The molecule has 1 aromatic rings. The minimum absolute atomic E-state index is 0.105. The van der Waals surface area contributed by atoms with E-state index in [0.29, 0.717) is 6.54 Å². The number of hydrogen-bond acceptors (Lipinski definition) is 3. The molecule has 4 heteroatoms. The first-order valence-electron chi connectivity index (χ1n) is 6.13. The number of rotatable bonds is 3. The Morgan fingerprint density at radius 2 is 2.11 bits per heavy atom. The molecule has 2 atom stereocenters. The van der Waals surface area contributed by atoms with Crippen molar-refractivity contribution in [3.05, 3.63) is 35.9 Å². The van der Waals surface area contributed by atoms with Gasteiger partial charge in [0.1, 0.15) is 0 Å². The van der Waals surface area contributed by atoms with Gasteiger partial charge >= 0.3 is 5.97 Å². The van der Waals surface area contributed by atoms with Gasteiger partial charge in [-0.1, -0.05) is 30.3 Å². The largest absolute Gasteiger partial charge is 0.467 e. The second kappa shape index (κ2) is 5.06. The predicted octanol–water partition coefficient (Wildman–Crippen LogP) is 2.33. The summed E-state index contributed by atoms with van der Waals surface area (Å²) in [5.41, 5.74) is -0.718. The summed E-state index contributed by atoms with van der Waals surface area (Å²) in [4.78, 5) is 13.4. The zero-order valence-corrected chi connectivity index (χ0v) is 10.7. The highest BCUT2D eigenvalue weighted by Crippen LogP contribution is 2.32. The maximum atomic E-state index is 14.3. The first kappa shape index (κ1) is 13.0. The fourth-order valence-electron chi connectivity index (χ4n) is 2.42. The smallest absolute Gasteiger partial charge is 0.345 e. The van der Waals surface area contributed by atoms with E-state index >= 15 is 0 Å². The van der Waals surface area contributed by atoms with Gasteiger partial charge in [0.25, 0.3) is 0 Å². The van der Waals surface area contributed by atoms with Gasteiger partial charge in [-0.3, -0.25) is 4.90 Å². The van der Waals surface area contributed by atoms with Crippen LogP contribution in [0.25, 0.3) is 0 Å². The Morgan fingerprint density at radius 1 is 1.44 bits per heavy atom. The number of likely N-dealkylation sites (tertiary alicyclic amines) is 1. The molecule has 1 saturated heterocycles. The first-order chi connectivity index (χ1) is 8.57. The van der Waals surface area contributed by atoms with Crippen LogP contribution in [-0.2, 0) is 9.53 Å². The van der Waals surface area contributed by atoms with Crippen LogP contribution in [-0.4, -0.2) is 36.7 Å². The number of halogens is 1. The molecule has 98 valence electrons. The molecular formula is C14H18FNO2. The summed E-state index contributed by atoms with van der Waals surface area (Å²) in [6.45, 7) is 2.70. The molecule has 0 aliphatic carbocycles. The molecule has 0 aromatic heterocycles. The van der Waals surface area contributed by atoms with Gasteiger partial charge in [0.15, 0.2) is 0 Å². The van der Waals surface area contributed by atoms with E-state index in [9.17, 15) is 9.18 Å². The number of methoxy groups -OCH3 is 1. The van der Waals surface area contributed by atoms with Crippen molar-refractivity contribution < 1.29 is 13.9 Å². The number of ether oxygens (including phenoxy) is 1. The molecule has 0 saturated carbocycles. The van der Waals surface area contributed by atoms with Crippen LogP contribution < -0.4 is 0 Å². The van der Waals surface area contributed by atoms with Crippen molar-refractivity contribution in [1.29, 1.82) is 0 Å². The summed E-state index contributed by atoms with van der Waals surface area (Å²) in [5, 5.41) is 0. The molecular weight excluding hydrogens is 233 g/mol. The predicted molar refractivity (Wildman–Crippen MR) is 66.9 cm³/mol. The Kier molecular flexibility index (Phi) is 3.66. The monoisotopic (exact) mass is 251 g/mol. The lowest BCUT2D eigenvalue weighted by Crippen LogP contribution is -2.38. The summed E-state index contributed by atoms with van der Waals surface area (Å²) >= 11 is 0. The summed E-state index contributed by atoms with van der Waals surface area (Å²) in [7, 11) is 1.23. The highest BCUT2D eigenvalue weighted by atomic mass is 19.1. The SMILES string of the molecule is COC(=O)[C@@]1(F)CCN([C@H](C)c2ccccc2)C1. The lowest BCUT2D eigenvalue weighted by molar-refractivity contribution is -0.153. The van der Waals surface area contributed by atoms with Crippen molar-refractivity contribution in [3.63, 3.8) is 0 Å². The second-order valence-corrected chi connectivity index (χ2v) is 4.76. The van der Waals surface area contributed by atoms with Gasteiger partial charge in [0.2, 0.25) is 5.67 Å². The van der Waals surface area contributed by atoms with E-state index < -0.39 is 11.6 Å². The average molecular weight is 251 g/mol. The van der Waals surface area contributed by atoms with Crippen molar-refractivity contribution in [2.45, 2.75) is 25.1 Å². The Bertz CT molecular complexity index is 423. The fourth-order valence-corrected chi connectivity index (χ4v) is 2.42. The zero-order chi connectivity index (χ0) is 13.2. The van der Waals surface area contributed by atoms with Crippen LogP contribution in [0.1, 0.15) is 24.9 Å². The third kappa shape index (κ3) is 2.38. The average Bonchev–Trinajstić information content (AvgIpc) is 2.82. The molecule has 1 aliphatic heterocycles. The van der Waals surface area contributed by atoms with Crippen LogP contribution in [0.2, 0.25) is 0 Å². The van der Waals surface area contributed by atoms with Gasteiger partial charge in [0, 0.05) is 25.6 Å². The summed E-state index contributed by atoms with van der Waals surface area (Å²) < 4.78 is 18.8. The number of esters is 1. The molecule has 0 N–H and O–H groups in total. The van der Waals surface area contributed by atoms with Crippen LogP contribution in [0, 0.1) is 0 Å².